The Labute approximate surface area is 141 Å². The van der Waals surface area contributed by atoms with Crippen LogP contribution in [0.1, 0.15) is 11.1 Å². The van der Waals surface area contributed by atoms with E-state index in [1.54, 1.807) is 7.11 Å². The number of nitrogen functional groups attached to an aromatic ring is 1. The summed E-state index contributed by atoms with van der Waals surface area (Å²) in [5, 5.41) is 9.47. The van der Waals surface area contributed by atoms with Gasteiger partial charge in [-0.25, -0.2) is 4.98 Å². The van der Waals surface area contributed by atoms with Gasteiger partial charge < -0.3 is 10.5 Å². The fourth-order valence-electron chi connectivity index (χ4n) is 2.63. The smallest absolute Gasteiger partial charge is 0.142 e. The molecule has 2 aromatic carbocycles. The van der Waals surface area contributed by atoms with Gasteiger partial charge >= 0.3 is 0 Å². The van der Waals surface area contributed by atoms with Crippen molar-refractivity contribution in [3.05, 3.63) is 65.7 Å². The van der Waals surface area contributed by atoms with Crippen LogP contribution in [-0.2, 0) is 0 Å². The van der Waals surface area contributed by atoms with Gasteiger partial charge in [0.15, 0.2) is 0 Å². The maximum atomic E-state index is 9.47. The maximum Gasteiger partial charge on any atom is 0.142 e. The normalized spacial score (nSPS) is 10.2. The van der Waals surface area contributed by atoms with Gasteiger partial charge in [0.2, 0.25) is 0 Å². The molecule has 24 heavy (non-hydrogen) atoms. The number of hydrogen-bond donors (Lipinski definition) is 1. The van der Waals surface area contributed by atoms with Gasteiger partial charge in [-0.1, -0.05) is 29.8 Å². The van der Waals surface area contributed by atoms with Gasteiger partial charge in [0.05, 0.1) is 12.8 Å². The zero-order chi connectivity index (χ0) is 17.1. The van der Waals surface area contributed by atoms with Crippen LogP contribution >= 0.6 is 0 Å². The predicted molar refractivity (Wildman–Crippen MR) is 95.5 cm³/mol. The van der Waals surface area contributed by atoms with E-state index in [1.807, 2.05) is 61.5 Å². The molecule has 0 aliphatic carbocycles. The van der Waals surface area contributed by atoms with Crippen LogP contribution in [0.2, 0.25) is 0 Å². The van der Waals surface area contributed by atoms with E-state index in [0.29, 0.717) is 5.56 Å². The third-order valence-corrected chi connectivity index (χ3v) is 3.87. The van der Waals surface area contributed by atoms with Crippen molar-refractivity contribution >= 4 is 5.82 Å². The van der Waals surface area contributed by atoms with Gasteiger partial charge in [-0.15, -0.1) is 0 Å². The predicted octanol–water partition coefficient (Wildman–Crippen LogP) is 4.19. The molecule has 0 bridgehead atoms. The summed E-state index contributed by atoms with van der Waals surface area (Å²) in [4.78, 5) is 4.39. The van der Waals surface area contributed by atoms with Crippen molar-refractivity contribution in [2.45, 2.75) is 6.92 Å². The first-order valence-corrected chi connectivity index (χ1v) is 7.54. The number of anilines is 1. The Balaban J connectivity index is 2.18. The lowest BCUT2D eigenvalue weighted by Gasteiger charge is -2.11. The number of hydrogen-bond acceptors (Lipinski definition) is 4. The molecule has 4 nitrogen and oxygen atoms in total. The molecule has 0 atom stereocenters. The summed E-state index contributed by atoms with van der Waals surface area (Å²) in [7, 11) is 1.63. The van der Waals surface area contributed by atoms with Gasteiger partial charge in [-0.05, 0) is 42.8 Å². The van der Waals surface area contributed by atoms with E-state index in [4.69, 9.17) is 10.5 Å². The minimum absolute atomic E-state index is 0.238. The van der Waals surface area contributed by atoms with Crippen molar-refractivity contribution in [1.29, 1.82) is 5.26 Å². The van der Waals surface area contributed by atoms with Crippen molar-refractivity contribution in [2.24, 2.45) is 0 Å². The summed E-state index contributed by atoms with van der Waals surface area (Å²) >= 11 is 0. The zero-order valence-corrected chi connectivity index (χ0v) is 13.6. The number of aryl methyl sites for hydroxylation is 1. The van der Waals surface area contributed by atoms with Crippen molar-refractivity contribution in [1.82, 2.24) is 4.98 Å². The SMILES string of the molecule is COc1ccc(-c2cc(-c3cccc(C)c3)c(C#N)c(N)n2)cc1. The Morgan fingerprint density at radius 3 is 2.42 bits per heavy atom. The number of nitrogens with two attached hydrogens (primary N) is 1. The minimum atomic E-state index is 0.238. The molecule has 118 valence electrons. The van der Waals surface area contributed by atoms with Crippen LogP contribution in [0, 0.1) is 18.3 Å². The number of nitrogens with zero attached hydrogens (tertiary/aromatic N) is 2. The fourth-order valence-corrected chi connectivity index (χ4v) is 2.63. The Bertz CT molecular complexity index is 925. The molecule has 0 saturated heterocycles. The molecule has 0 saturated carbocycles. The number of aromatic nitrogens is 1. The van der Waals surface area contributed by atoms with Crippen molar-refractivity contribution in [3.8, 4) is 34.2 Å². The van der Waals surface area contributed by atoms with Crippen LogP contribution in [0.25, 0.3) is 22.4 Å². The van der Waals surface area contributed by atoms with Crippen molar-refractivity contribution in [2.75, 3.05) is 12.8 Å². The molecule has 0 radical (unpaired) electrons. The first-order valence-electron chi connectivity index (χ1n) is 7.54. The lowest BCUT2D eigenvalue weighted by Crippen LogP contribution is -2.00. The molecule has 0 spiro atoms. The van der Waals surface area contributed by atoms with E-state index in [-0.39, 0.29) is 5.82 Å². The Kier molecular flexibility index (Phi) is 4.17. The average molecular weight is 315 g/mol. The van der Waals surface area contributed by atoms with Crippen LogP contribution < -0.4 is 10.5 Å². The summed E-state index contributed by atoms with van der Waals surface area (Å²) in [6, 6.07) is 19.7. The van der Waals surface area contributed by atoms with E-state index in [2.05, 4.69) is 11.1 Å². The third-order valence-electron chi connectivity index (χ3n) is 3.87. The van der Waals surface area contributed by atoms with E-state index >= 15 is 0 Å². The van der Waals surface area contributed by atoms with Crippen LogP contribution in [0.5, 0.6) is 5.75 Å². The van der Waals surface area contributed by atoms with Gasteiger partial charge in [0, 0.05) is 11.1 Å². The highest BCUT2D eigenvalue weighted by Crippen LogP contribution is 2.32. The molecule has 3 rings (SSSR count). The number of methoxy groups -OCH3 is 1. The van der Waals surface area contributed by atoms with Crippen LogP contribution in [0.4, 0.5) is 5.82 Å². The topological polar surface area (TPSA) is 71.9 Å². The zero-order valence-electron chi connectivity index (χ0n) is 13.6. The molecule has 3 aromatic rings. The van der Waals surface area contributed by atoms with E-state index < -0.39 is 0 Å². The first-order chi connectivity index (χ1) is 11.6. The van der Waals surface area contributed by atoms with E-state index in [1.165, 1.54) is 0 Å². The maximum absolute atomic E-state index is 9.47. The molecule has 0 unspecified atom stereocenters. The molecule has 1 heterocycles. The van der Waals surface area contributed by atoms with Gasteiger partial charge in [-0.2, -0.15) is 5.26 Å². The third kappa shape index (κ3) is 2.92. The lowest BCUT2D eigenvalue weighted by molar-refractivity contribution is 0.415. The van der Waals surface area contributed by atoms with Crippen molar-refractivity contribution < 1.29 is 4.74 Å². The summed E-state index contributed by atoms with van der Waals surface area (Å²) < 4.78 is 5.18. The average Bonchev–Trinajstić information content (AvgIpc) is 2.61. The Morgan fingerprint density at radius 1 is 1.04 bits per heavy atom. The van der Waals surface area contributed by atoms with Gasteiger partial charge in [0.1, 0.15) is 23.2 Å². The van der Waals surface area contributed by atoms with Gasteiger partial charge in [-0.3, -0.25) is 0 Å². The number of nitriles is 1. The van der Waals surface area contributed by atoms with E-state index in [9.17, 15) is 5.26 Å². The van der Waals surface area contributed by atoms with Crippen LogP contribution in [0.15, 0.2) is 54.6 Å². The minimum Gasteiger partial charge on any atom is -0.497 e. The molecule has 0 aliphatic rings. The molecule has 0 amide bonds. The standard InChI is InChI=1S/C20H17N3O/c1-13-4-3-5-15(10-13)17-11-19(23-20(22)18(17)12-21)14-6-8-16(24-2)9-7-14/h3-11H,1-2H3,(H2,22,23). The molecule has 1 aromatic heterocycles. The molecule has 0 fully saturated rings. The molecular weight excluding hydrogens is 298 g/mol. The van der Waals surface area contributed by atoms with Gasteiger partial charge in [0.25, 0.3) is 0 Å². The highest BCUT2D eigenvalue weighted by molar-refractivity contribution is 5.80. The Hall–Kier alpha value is -3.32. The second kappa shape index (κ2) is 6.43. The summed E-state index contributed by atoms with van der Waals surface area (Å²) in [6.45, 7) is 2.02. The largest absolute Gasteiger partial charge is 0.497 e. The number of ether oxygens (including phenoxy) is 1. The monoisotopic (exact) mass is 315 g/mol. The number of rotatable bonds is 3. The van der Waals surface area contributed by atoms with Crippen LogP contribution in [-0.4, -0.2) is 12.1 Å². The van der Waals surface area contributed by atoms with Crippen LogP contribution in [0.3, 0.4) is 0 Å². The lowest BCUT2D eigenvalue weighted by atomic mass is 9.97. The first kappa shape index (κ1) is 15.6. The summed E-state index contributed by atoms with van der Waals surface area (Å²) in [5.41, 5.74) is 11.0. The summed E-state index contributed by atoms with van der Waals surface area (Å²) in [6.07, 6.45) is 0. The highest BCUT2D eigenvalue weighted by Gasteiger charge is 2.13. The quantitative estimate of drug-likeness (QED) is 0.786. The molecule has 0 aliphatic heterocycles. The fraction of sp³-hybridized carbons (Fsp3) is 0.100. The number of pyridine rings is 1. The number of benzene rings is 2. The molecular formula is C20H17N3O. The molecule has 4 heteroatoms. The molecule has 2 N–H and O–H groups in total. The second-order valence-corrected chi connectivity index (χ2v) is 5.53. The van der Waals surface area contributed by atoms with Crippen molar-refractivity contribution in [3.63, 3.8) is 0 Å². The highest BCUT2D eigenvalue weighted by atomic mass is 16.5. The summed E-state index contributed by atoms with van der Waals surface area (Å²) in [5.74, 6) is 1.02. The van der Waals surface area contributed by atoms with E-state index in [0.717, 1.165) is 33.7 Å². The second-order valence-electron chi connectivity index (χ2n) is 5.53. The Morgan fingerprint density at radius 2 is 1.79 bits per heavy atom.